The SMILES string of the molecule is COCc1csc(C(=O)N2CCCc3cc(OC)cc(OC)c32)c1. The maximum Gasteiger partial charge on any atom is 0.268 e. The quantitative estimate of drug-likeness (QED) is 0.830. The van der Waals surface area contributed by atoms with Crippen molar-refractivity contribution in [2.24, 2.45) is 0 Å². The van der Waals surface area contributed by atoms with Crippen LogP contribution in [0.1, 0.15) is 27.2 Å². The Morgan fingerprint density at radius 1 is 1.21 bits per heavy atom. The van der Waals surface area contributed by atoms with Gasteiger partial charge in [0.1, 0.15) is 11.5 Å². The topological polar surface area (TPSA) is 48.0 Å². The molecule has 0 aliphatic carbocycles. The fraction of sp³-hybridized carbons (Fsp3) is 0.389. The Balaban J connectivity index is 1.97. The molecule has 5 nitrogen and oxygen atoms in total. The van der Waals surface area contributed by atoms with Gasteiger partial charge in [-0.1, -0.05) is 0 Å². The van der Waals surface area contributed by atoms with Gasteiger partial charge in [-0.05, 0) is 41.5 Å². The summed E-state index contributed by atoms with van der Waals surface area (Å²) in [5.41, 5.74) is 2.96. The van der Waals surface area contributed by atoms with Gasteiger partial charge >= 0.3 is 0 Å². The van der Waals surface area contributed by atoms with Crippen molar-refractivity contribution < 1.29 is 19.0 Å². The minimum Gasteiger partial charge on any atom is -0.497 e. The fourth-order valence-corrected chi connectivity index (χ4v) is 3.86. The van der Waals surface area contributed by atoms with E-state index in [1.807, 2.05) is 28.5 Å². The Labute approximate surface area is 145 Å². The number of hydrogen-bond donors (Lipinski definition) is 0. The lowest BCUT2D eigenvalue weighted by Crippen LogP contribution is -2.35. The van der Waals surface area contributed by atoms with Gasteiger partial charge in [0.2, 0.25) is 0 Å². The molecular weight excluding hydrogens is 326 g/mol. The summed E-state index contributed by atoms with van der Waals surface area (Å²) in [6.45, 7) is 1.20. The standard InChI is InChI=1S/C18H21NO4S/c1-21-10-12-7-16(24-11-12)18(20)19-6-4-5-13-8-14(22-2)9-15(23-3)17(13)19/h7-9,11H,4-6,10H2,1-3H3. The summed E-state index contributed by atoms with van der Waals surface area (Å²) in [4.78, 5) is 15.5. The lowest BCUT2D eigenvalue weighted by molar-refractivity contribution is 0.0988. The van der Waals surface area contributed by atoms with E-state index in [2.05, 4.69) is 0 Å². The van der Waals surface area contributed by atoms with Gasteiger partial charge in [0.05, 0.1) is 31.4 Å². The molecule has 0 unspecified atom stereocenters. The molecule has 0 spiro atoms. The number of amides is 1. The summed E-state index contributed by atoms with van der Waals surface area (Å²) >= 11 is 1.45. The van der Waals surface area contributed by atoms with E-state index in [1.165, 1.54) is 11.3 Å². The highest BCUT2D eigenvalue weighted by Crippen LogP contribution is 2.40. The third kappa shape index (κ3) is 3.12. The van der Waals surface area contributed by atoms with Crippen LogP contribution >= 0.6 is 11.3 Å². The summed E-state index contributed by atoms with van der Waals surface area (Å²) in [6.07, 6.45) is 1.83. The van der Waals surface area contributed by atoms with Gasteiger partial charge in [-0.25, -0.2) is 0 Å². The number of carbonyl (C=O) groups is 1. The van der Waals surface area contributed by atoms with Crippen molar-refractivity contribution in [3.05, 3.63) is 39.6 Å². The Bertz CT molecular complexity index is 723. The summed E-state index contributed by atoms with van der Waals surface area (Å²) < 4.78 is 16.0. The van der Waals surface area contributed by atoms with Gasteiger partial charge in [0, 0.05) is 19.7 Å². The molecule has 1 aliphatic rings. The molecule has 1 aromatic carbocycles. The van der Waals surface area contributed by atoms with E-state index in [0.717, 1.165) is 35.4 Å². The van der Waals surface area contributed by atoms with Crippen LogP contribution in [0.15, 0.2) is 23.6 Å². The van der Waals surface area contributed by atoms with Gasteiger partial charge in [-0.3, -0.25) is 4.79 Å². The molecule has 0 N–H and O–H groups in total. The normalized spacial score (nSPS) is 13.5. The largest absolute Gasteiger partial charge is 0.497 e. The molecule has 0 saturated carbocycles. The molecule has 0 saturated heterocycles. The smallest absolute Gasteiger partial charge is 0.268 e. The molecule has 2 heterocycles. The predicted molar refractivity (Wildman–Crippen MR) is 94.6 cm³/mol. The number of methoxy groups -OCH3 is 3. The third-order valence-electron chi connectivity index (χ3n) is 4.10. The number of anilines is 1. The van der Waals surface area contributed by atoms with Crippen LogP contribution in [0.25, 0.3) is 0 Å². The van der Waals surface area contributed by atoms with Crippen molar-refractivity contribution in [1.29, 1.82) is 0 Å². The van der Waals surface area contributed by atoms with Crippen LogP contribution in [0.2, 0.25) is 0 Å². The van der Waals surface area contributed by atoms with Crippen LogP contribution in [0.5, 0.6) is 11.5 Å². The fourth-order valence-electron chi connectivity index (χ4n) is 3.01. The predicted octanol–water partition coefficient (Wildman–Crippen LogP) is 3.50. The van der Waals surface area contributed by atoms with E-state index in [1.54, 1.807) is 21.3 Å². The van der Waals surface area contributed by atoms with E-state index >= 15 is 0 Å². The number of carbonyl (C=O) groups excluding carboxylic acids is 1. The first-order valence-corrected chi connectivity index (χ1v) is 8.69. The maximum atomic E-state index is 13.0. The molecule has 24 heavy (non-hydrogen) atoms. The number of aryl methyl sites for hydroxylation is 1. The first kappa shape index (κ1) is 16.8. The first-order valence-electron chi connectivity index (χ1n) is 7.81. The molecule has 1 aliphatic heterocycles. The number of nitrogens with zero attached hydrogens (tertiary/aromatic N) is 1. The van der Waals surface area contributed by atoms with E-state index in [-0.39, 0.29) is 5.91 Å². The third-order valence-corrected chi connectivity index (χ3v) is 5.07. The molecule has 0 bridgehead atoms. The molecule has 0 atom stereocenters. The van der Waals surface area contributed by atoms with Crippen molar-refractivity contribution in [1.82, 2.24) is 0 Å². The number of rotatable bonds is 5. The van der Waals surface area contributed by atoms with Crippen LogP contribution < -0.4 is 14.4 Å². The van der Waals surface area contributed by atoms with Crippen molar-refractivity contribution in [3.63, 3.8) is 0 Å². The summed E-state index contributed by atoms with van der Waals surface area (Å²) in [5.74, 6) is 1.43. The van der Waals surface area contributed by atoms with Gasteiger partial charge in [-0.15, -0.1) is 11.3 Å². The van der Waals surface area contributed by atoms with Crippen molar-refractivity contribution in [2.45, 2.75) is 19.4 Å². The second-order valence-corrected chi connectivity index (χ2v) is 6.56. The number of fused-ring (bicyclic) bond motifs is 1. The Morgan fingerprint density at radius 2 is 2.04 bits per heavy atom. The summed E-state index contributed by atoms with van der Waals surface area (Å²) in [7, 11) is 4.91. The molecule has 128 valence electrons. The van der Waals surface area contributed by atoms with Crippen LogP contribution in [-0.2, 0) is 17.8 Å². The zero-order valence-electron chi connectivity index (χ0n) is 14.1. The molecule has 0 fully saturated rings. The second-order valence-electron chi connectivity index (χ2n) is 5.65. The van der Waals surface area contributed by atoms with E-state index in [9.17, 15) is 4.79 Å². The lowest BCUT2D eigenvalue weighted by atomic mass is 10.00. The van der Waals surface area contributed by atoms with Gasteiger partial charge < -0.3 is 19.1 Å². The van der Waals surface area contributed by atoms with E-state index in [0.29, 0.717) is 23.8 Å². The highest BCUT2D eigenvalue weighted by atomic mass is 32.1. The van der Waals surface area contributed by atoms with Crippen molar-refractivity contribution >= 4 is 22.9 Å². The molecule has 6 heteroatoms. The highest BCUT2D eigenvalue weighted by molar-refractivity contribution is 7.12. The van der Waals surface area contributed by atoms with Gasteiger partial charge in [0.15, 0.2) is 0 Å². The zero-order valence-corrected chi connectivity index (χ0v) is 14.9. The lowest BCUT2D eigenvalue weighted by Gasteiger charge is -2.31. The number of ether oxygens (including phenoxy) is 3. The van der Waals surface area contributed by atoms with E-state index in [4.69, 9.17) is 14.2 Å². The van der Waals surface area contributed by atoms with Crippen molar-refractivity contribution in [2.75, 3.05) is 32.8 Å². The minimum atomic E-state index is 0.00627. The molecule has 0 radical (unpaired) electrons. The van der Waals surface area contributed by atoms with Crippen molar-refractivity contribution in [3.8, 4) is 11.5 Å². The monoisotopic (exact) mass is 347 g/mol. The maximum absolute atomic E-state index is 13.0. The Hall–Kier alpha value is -2.05. The molecule has 1 aromatic heterocycles. The summed E-state index contributed by atoms with van der Waals surface area (Å²) in [5, 5.41) is 1.97. The highest BCUT2D eigenvalue weighted by Gasteiger charge is 2.28. The minimum absolute atomic E-state index is 0.00627. The molecule has 2 aromatic rings. The molecule has 1 amide bonds. The van der Waals surface area contributed by atoms with Crippen LogP contribution in [0.4, 0.5) is 5.69 Å². The Kier molecular flexibility index (Phi) is 5.06. The van der Waals surface area contributed by atoms with Crippen LogP contribution in [-0.4, -0.2) is 33.8 Å². The van der Waals surface area contributed by atoms with Gasteiger partial charge in [0.25, 0.3) is 5.91 Å². The van der Waals surface area contributed by atoms with Crippen LogP contribution in [0.3, 0.4) is 0 Å². The summed E-state index contributed by atoms with van der Waals surface area (Å²) in [6, 6.07) is 5.72. The number of benzene rings is 1. The molecule has 3 rings (SSSR count). The second kappa shape index (κ2) is 7.23. The van der Waals surface area contributed by atoms with E-state index < -0.39 is 0 Å². The average molecular weight is 347 g/mol. The first-order chi connectivity index (χ1) is 11.7. The number of hydrogen-bond acceptors (Lipinski definition) is 5. The Morgan fingerprint density at radius 3 is 2.75 bits per heavy atom. The van der Waals surface area contributed by atoms with Crippen LogP contribution in [0, 0.1) is 0 Å². The molecular formula is C18H21NO4S. The van der Waals surface area contributed by atoms with Gasteiger partial charge in [-0.2, -0.15) is 0 Å². The number of thiophene rings is 1. The average Bonchev–Trinajstić information content (AvgIpc) is 3.08. The zero-order chi connectivity index (χ0) is 17.1.